The largest absolute Gasteiger partial charge is 0.0726 e. The number of rotatable bonds is 2. The van der Waals surface area contributed by atoms with E-state index in [0.717, 1.165) is 0 Å². The van der Waals surface area contributed by atoms with Crippen molar-refractivity contribution in [2.45, 2.75) is 31.1 Å². The van der Waals surface area contributed by atoms with Crippen molar-refractivity contribution >= 4 is 40.9 Å². The molecule has 0 bridgehead atoms. The predicted molar refractivity (Wildman–Crippen MR) is 139 cm³/mol. The standard InChI is InChI=1S/C29H25BrSi/c1-18-16-25-26(17-19-10-4-5-11-20(19)27(25)30)28(18)31(2,3)29-23-14-8-6-12-21(23)22-13-7-9-15-24(22)29/h4-17,28-29H,1-3H3. The highest BCUT2D eigenvalue weighted by Gasteiger charge is 2.48. The number of fused-ring (bicyclic) bond motifs is 5. The summed E-state index contributed by atoms with van der Waals surface area (Å²) in [6, 6.07) is 29.4. The fourth-order valence-corrected chi connectivity index (χ4v) is 11.8. The van der Waals surface area contributed by atoms with E-state index in [1.807, 2.05) is 0 Å². The van der Waals surface area contributed by atoms with E-state index in [9.17, 15) is 0 Å². The molecule has 2 heteroatoms. The molecule has 31 heavy (non-hydrogen) atoms. The van der Waals surface area contributed by atoms with Crippen LogP contribution < -0.4 is 0 Å². The van der Waals surface area contributed by atoms with E-state index in [4.69, 9.17) is 0 Å². The van der Waals surface area contributed by atoms with E-state index in [1.54, 1.807) is 0 Å². The van der Waals surface area contributed by atoms with Crippen LogP contribution in [0.3, 0.4) is 0 Å². The number of hydrogen-bond donors (Lipinski definition) is 0. The number of halogens is 1. The summed E-state index contributed by atoms with van der Waals surface area (Å²) in [5, 5.41) is 2.64. The molecule has 1 unspecified atom stereocenters. The fourth-order valence-electron chi connectivity index (χ4n) is 6.39. The molecule has 152 valence electrons. The maximum atomic E-state index is 3.96. The molecule has 1 atom stereocenters. The summed E-state index contributed by atoms with van der Waals surface area (Å²) in [5.41, 5.74) is 11.4. The van der Waals surface area contributed by atoms with Gasteiger partial charge in [-0.1, -0.05) is 104 Å². The summed E-state index contributed by atoms with van der Waals surface area (Å²) in [7, 11) is -1.85. The predicted octanol–water partition coefficient (Wildman–Crippen LogP) is 8.70. The highest BCUT2D eigenvalue weighted by Crippen LogP contribution is 2.56. The van der Waals surface area contributed by atoms with Crippen LogP contribution in [0.2, 0.25) is 13.1 Å². The Morgan fingerprint density at radius 3 is 1.97 bits per heavy atom. The van der Waals surface area contributed by atoms with E-state index in [-0.39, 0.29) is 0 Å². The van der Waals surface area contributed by atoms with E-state index in [1.165, 1.54) is 54.2 Å². The highest BCUT2D eigenvalue weighted by molar-refractivity contribution is 9.10. The molecule has 0 heterocycles. The second-order valence-corrected chi connectivity index (χ2v) is 15.3. The monoisotopic (exact) mass is 480 g/mol. The summed E-state index contributed by atoms with van der Waals surface area (Å²) >= 11 is 3.96. The minimum absolute atomic E-state index is 0.504. The van der Waals surface area contributed by atoms with Crippen LogP contribution in [0, 0.1) is 0 Å². The number of allylic oxidation sites excluding steroid dienone is 1. The third kappa shape index (κ3) is 2.65. The van der Waals surface area contributed by atoms with Gasteiger partial charge in [0.1, 0.15) is 0 Å². The first-order chi connectivity index (χ1) is 15.0. The van der Waals surface area contributed by atoms with Crippen molar-refractivity contribution in [3.8, 4) is 11.1 Å². The molecule has 0 aromatic heterocycles. The number of benzene rings is 4. The molecule has 0 N–H and O–H groups in total. The SMILES string of the molecule is CC1=Cc2c(cc3ccccc3c2Br)C1[Si](C)(C)C1c2ccccc2-c2ccccc21. The Hall–Kier alpha value is -2.42. The Balaban J connectivity index is 1.58. The highest BCUT2D eigenvalue weighted by atomic mass is 79.9. The van der Waals surface area contributed by atoms with Gasteiger partial charge in [-0.15, -0.1) is 0 Å². The molecule has 0 saturated heterocycles. The summed E-state index contributed by atoms with van der Waals surface area (Å²) in [6.07, 6.45) is 2.44. The minimum atomic E-state index is -1.85. The Labute approximate surface area is 193 Å². The van der Waals surface area contributed by atoms with Crippen molar-refractivity contribution in [3.05, 3.63) is 111 Å². The molecule has 0 spiro atoms. The van der Waals surface area contributed by atoms with Gasteiger partial charge in [-0.3, -0.25) is 0 Å². The molecule has 0 saturated carbocycles. The summed E-state index contributed by atoms with van der Waals surface area (Å²) in [6.45, 7) is 7.57. The molecule has 4 aromatic rings. The zero-order chi connectivity index (χ0) is 21.3. The van der Waals surface area contributed by atoms with Crippen molar-refractivity contribution in [1.82, 2.24) is 0 Å². The van der Waals surface area contributed by atoms with Crippen molar-refractivity contribution in [3.63, 3.8) is 0 Å². The van der Waals surface area contributed by atoms with Gasteiger partial charge >= 0.3 is 0 Å². The minimum Gasteiger partial charge on any atom is -0.0679 e. The lowest BCUT2D eigenvalue weighted by Crippen LogP contribution is -2.42. The van der Waals surface area contributed by atoms with Gasteiger partial charge in [0.15, 0.2) is 0 Å². The zero-order valence-electron chi connectivity index (χ0n) is 18.1. The summed E-state index contributed by atoms with van der Waals surface area (Å²) < 4.78 is 1.25. The second-order valence-electron chi connectivity index (χ2n) is 9.66. The molecule has 0 amide bonds. The Morgan fingerprint density at radius 2 is 1.29 bits per heavy atom. The molecule has 0 radical (unpaired) electrons. The molecule has 2 aliphatic rings. The molecule has 4 aromatic carbocycles. The molecule has 0 nitrogen and oxygen atoms in total. The molecule has 0 aliphatic heterocycles. The van der Waals surface area contributed by atoms with Crippen LogP contribution in [0.1, 0.15) is 40.3 Å². The van der Waals surface area contributed by atoms with Crippen LogP contribution in [0.5, 0.6) is 0 Å². The topological polar surface area (TPSA) is 0 Å². The molecular formula is C29H25BrSi. The fraction of sp³-hybridized carbons (Fsp3) is 0.172. The van der Waals surface area contributed by atoms with Crippen LogP contribution in [-0.4, -0.2) is 8.07 Å². The van der Waals surface area contributed by atoms with Crippen molar-refractivity contribution < 1.29 is 0 Å². The normalized spacial score (nSPS) is 17.4. The van der Waals surface area contributed by atoms with E-state index in [0.29, 0.717) is 11.1 Å². The van der Waals surface area contributed by atoms with Crippen LogP contribution in [-0.2, 0) is 0 Å². The lowest BCUT2D eigenvalue weighted by atomic mass is 10.0. The maximum absolute atomic E-state index is 3.96. The van der Waals surface area contributed by atoms with Gasteiger partial charge in [-0.2, -0.15) is 0 Å². The smallest absolute Gasteiger partial charge is 0.0679 e. The molecule has 0 fully saturated rings. The van der Waals surface area contributed by atoms with E-state index in [2.05, 4.69) is 121 Å². The summed E-state index contributed by atoms with van der Waals surface area (Å²) in [5.74, 6) is 0. The third-order valence-electron chi connectivity index (χ3n) is 7.52. The summed E-state index contributed by atoms with van der Waals surface area (Å²) in [4.78, 5) is 0. The molecule has 6 rings (SSSR count). The van der Waals surface area contributed by atoms with Gasteiger partial charge < -0.3 is 0 Å². The van der Waals surface area contributed by atoms with Gasteiger partial charge in [0.05, 0.1) is 8.07 Å². The Bertz CT molecular complexity index is 1350. The van der Waals surface area contributed by atoms with Gasteiger partial charge in [0.25, 0.3) is 0 Å². The van der Waals surface area contributed by atoms with E-state index >= 15 is 0 Å². The lowest BCUT2D eigenvalue weighted by molar-refractivity contribution is 0.987. The van der Waals surface area contributed by atoms with Crippen molar-refractivity contribution in [2.75, 3.05) is 0 Å². The van der Waals surface area contributed by atoms with Gasteiger partial charge in [0, 0.05) is 15.6 Å². The first kappa shape index (κ1) is 19.3. The van der Waals surface area contributed by atoms with Gasteiger partial charge in [-0.25, -0.2) is 0 Å². The van der Waals surface area contributed by atoms with Crippen LogP contribution in [0.15, 0.2) is 88.9 Å². The first-order valence-electron chi connectivity index (χ1n) is 11.1. The van der Waals surface area contributed by atoms with Crippen LogP contribution in [0.25, 0.3) is 28.0 Å². The molecular weight excluding hydrogens is 456 g/mol. The average molecular weight is 482 g/mol. The van der Waals surface area contributed by atoms with Crippen molar-refractivity contribution in [1.29, 1.82) is 0 Å². The van der Waals surface area contributed by atoms with Crippen molar-refractivity contribution in [2.24, 2.45) is 0 Å². The van der Waals surface area contributed by atoms with E-state index < -0.39 is 8.07 Å². The Kier molecular flexibility index (Phi) is 4.22. The zero-order valence-corrected chi connectivity index (χ0v) is 20.7. The van der Waals surface area contributed by atoms with Gasteiger partial charge in [-0.05, 0) is 67.0 Å². The number of hydrogen-bond acceptors (Lipinski definition) is 0. The first-order valence-corrected chi connectivity index (χ1v) is 15.0. The lowest BCUT2D eigenvalue weighted by Gasteiger charge is -2.38. The third-order valence-corrected chi connectivity index (χ3v) is 12.7. The average Bonchev–Trinajstić information content (AvgIpc) is 3.29. The maximum Gasteiger partial charge on any atom is 0.0726 e. The van der Waals surface area contributed by atoms with Gasteiger partial charge in [0.2, 0.25) is 0 Å². The quantitative estimate of drug-likeness (QED) is 0.251. The van der Waals surface area contributed by atoms with Crippen LogP contribution in [0.4, 0.5) is 0 Å². The van der Waals surface area contributed by atoms with Crippen LogP contribution >= 0.6 is 15.9 Å². The second kappa shape index (κ2) is 6.79. The Morgan fingerprint density at radius 1 is 0.710 bits per heavy atom. The molecule has 2 aliphatic carbocycles.